The lowest BCUT2D eigenvalue weighted by Crippen LogP contribution is -1.95. The molecular weight excluding hydrogens is 504 g/mol. The van der Waals surface area contributed by atoms with Crippen molar-refractivity contribution in [3.05, 3.63) is 168 Å². The number of allylic oxidation sites excluding steroid dienone is 4. The van der Waals surface area contributed by atoms with E-state index in [-0.39, 0.29) is 0 Å². The summed E-state index contributed by atoms with van der Waals surface area (Å²) in [4.78, 5) is 0. The average Bonchev–Trinajstić information content (AvgIpc) is 3.53. The molecule has 0 amide bonds. The molecule has 0 spiro atoms. The summed E-state index contributed by atoms with van der Waals surface area (Å²) in [6.07, 6.45) is 6.80. The minimum atomic E-state index is 1.01. The van der Waals surface area contributed by atoms with Crippen LogP contribution in [0.3, 0.4) is 0 Å². The van der Waals surface area contributed by atoms with E-state index in [0.29, 0.717) is 0 Å². The molecule has 0 heterocycles. The molecule has 2 aliphatic carbocycles. The molecule has 0 atom stereocenters. The molecular formula is C42H32. The highest BCUT2D eigenvalue weighted by Gasteiger charge is 2.27. The van der Waals surface area contributed by atoms with Gasteiger partial charge in [-0.05, 0) is 104 Å². The predicted molar refractivity (Wildman–Crippen MR) is 180 cm³/mol. The molecule has 0 N–H and O–H groups in total. The van der Waals surface area contributed by atoms with Crippen molar-refractivity contribution in [1.29, 1.82) is 0 Å². The van der Waals surface area contributed by atoms with Crippen LogP contribution in [0.25, 0.3) is 54.9 Å². The van der Waals surface area contributed by atoms with Gasteiger partial charge in [-0.3, -0.25) is 0 Å². The van der Waals surface area contributed by atoms with Crippen LogP contribution < -0.4 is 0 Å². The minimum Gasteiger partial charge on any atom is -0.0616 e. The molecule has 42 heavy (non-hydrogen) atoms. The van der Waals surface area contributed by atoms with Gasteiger partial charge < -0.3 is 0 Å². The first-order chi connectivity index (χ1) is 20.7. The Balaban J connectivity index is 1.19. The largest absolute Gasteiger partial charge is 0.0616 e. The third-order valence-electron chi connectivity index (χ3n) is 9.28. The maximum Gasteiger partial charge on any atom is 0.0164 e. The standard InChI is InChI=1S/C42H32/c1-27-25-31-15-9-21-39(37-19-7-13-29-11-3-5-17-35(29)37)41(31)33(27)23-24-34-28(2)26-32-16-10-22-40(42(32)34)38-20-8-14-30-12-4-6-18-36(30)38/h3-22,25-26H,23-24H2,1-2H3. The highest BCUT2D eigenvalue weighted by Crippen LogP contribution is 2.48. The summed E-state index contributed by atoms with van der Waals surface area (Å²) >= 11 is 0. The highest BCUT2D eigenvalue weighted by atomic mass is 14.3. The highest BCUT2D eigenvalue weighted by molar-refractivity contribution is 6.03. The van der Waals surface area contributed by atoms with Crippen LogP contribution in [0.15, 0.2) is 132 Å². The maximum absolute atomic E-state index is 2.39. The van der Waals surface area contributed by atoms with Gasteiger partial charge in [0.05, 0.1) is 0 Å². The Morgan fingerprint density at radius 2 is 0.762 bits per heavy atom. The first-order valence-electron chi connectivity index (χ1n) is 15.0. The van der Waals surface area contributed by atoms with Crippen LogP contribution in [0, 0.1) is 12.8 Å². The zero-order valence-corrected chi connectivity index (χ0v) is 24.1. The van der Waals surface area contributed by atoms with Crippen molar-refractivity contribution >= 4 is 32.7 Å². The number of rotatable bonds is 5. The Labute approximate surface area is 248 Å². The summed E-state index contributed by atoms with van der Waals surface area (Å²) in [5.41, 5.74) is 16.6. The van der Waals surface area contributed by atoms with Gasteiger partial charge in [0.15, 0.2) is 0 Å². The van der Waals surface area contributed by atoms with Gasteiger partial charge >= 0.3 is 0 Å². The van der Waals surface area contributed by atoms with E-state index in [1.54, 1.807) is 0 Å². The number of hydrogen-bond donors (Lipinski definition) is 0. The molecule has 0 heteroatoms. The fourth-order valence-corrected chi connectivity index (χ4v) is 7.35. The number of fused-ring (bicyclic) bond motifs is 4. The molecule has 8 rings (SSSR count). The molecule has 0 aliphatic heterocycles. The molecule has 2 radical (unpaired) electrons. The summed E-state index contributed by atoms with van der Waals surface area (Å²) in [6.45, 7) is 4.58. The van der Waals surface area contributed by atoms with Crippen molar-refractivity contribution in [2.24, 2.45) is 0 Å². The molecule has 0 nitrogen and oxygen atoms in total. The first-order valence-corrected chi connectivity index (χ1v) is 15.0. The molecule has 0 aromatic heterocycles. The molecule has 6 aromatic carbocycles. The minimum absolute atomic E-state index is 1.01. The second-order valence-corrected chi connectivity index (χ2v) is 11.7. The fourth-order valence-electron chi connectivity index (χ4n) is 7.35. The molecule has 0 saturated carbocycles. The smallest absolute Gasteiger partial charge is 0.0164 e. The molecule has 6 aromatic rings. The lowest BCUT2D eigenvalue weighted by molar-refractivity contribution is 1.08. The van der Waals surface area contributed by atoms with E-state index < -0.39 is 0 Å². The number of hydrogen-bond acceptors (Lipinski definition) is 0. The van der Waals surface area contributed by atoms with Gasteiger partial charge in [-0.1, -0.05) is 132 Å². The van der Waals surface area contributed by atoms with Crippen LogP contribution >= 0.6 is 0 Å². The third-order valence-corrected chi connectivity index (χ3v) is 9.28. The molecule has 200 valence electrons. The topological polar surface area (TPSA) is 0 Å². The van der Waals surface area contributed by atoms with Crippen LogP contribution in [-0.4, -0.2) is 0 Å². The molecule has 0 unspecified atom stereocenters. The van der Waals surface area contributed by atoms with Gasteiger partial charge in [0, 0.05) is 12.8 Å². The van der Waals surface area contributed by atoms with Crippen molar-refractivity contribution < 1.29 is 0 Å². The molecule has 0 saturated heterocycles. The first kappa shape index (κ1) is 25.1. The molecule has 0 bridgehead atoms. The Hall–Kier alpha value is -4.68. The van der Waals surface area contributed by atoms with E-state index in [0.717, 1.165) is 12.8 Å². The fraction of sp³-hybridized carbons (Fsp3) is 0.0952. The summed E-state index contributed by atoms with van der Waals surface area (Å²) in [5.74, 6) is 0. The van der Waals surface area contributed by atoms with E-state index in [9.17, 15) is 0 Å². The van der Waals surface area contributed by atoms with Gasteiger partial charge in [-0.25, -0.2) is 0 Å². The van der Waals surface area contributed by atoms with Crippen LogP contribution in [0.5, 0.6) is 0 Å². The summed E-state index contributed by atoms with van der Waals surface area (Å²) in [7, 11) is 0. The van der Waals surface area contributed by atoms with Crippen LogP contribution in [0.4, 0.5) is 0 Å². The van der Waals surface area contributed by atoms with Crippen LogP contribution in [-0.2, 0) is 0 Å². The van der Waals surface area contributed by atoms with Gasteiger partial charge in [0.2, 0.25) is 0 Å². The van der Waals surface area contributed by atoms with Crippen molar-refractivity contribution in [2.45, 2.75) is 26.7 Å². The summed E-state index contributed by atoms with van der Waals surface area (Å²) in [5, 5.41) is 5.21. The average molecular weight is 537 g/mol. The van der Waals surface area contributed by atoms with Gasteiger partial charge in [0.25, 0.3) is 0 Å². The monoisotopic (exact) mass is 536 g/mol. The van der Waals surface area contributed by atoms with E-state index in [2.05, 4.69) is 148 Å². The SMILES string of the molecule is CC1=C(CCC2=C(C)[CH]c3cccc(-c4cccc5ccccc45)c32)c2c(cccc2-c2cccc3ccccc23)[CH]1. The van der Waals surface area contributed by atoms with Crippen molar-refractivity contribution in [3.8, 4) is 22.3 Å². The number of benzene rings is 6. The van der Waals surface area contributed by atoms with Gasteiger partial charge in [-0.2, -0.15) is 0 Å². The van der Waals surface area contributed by atoms with Gasteiger partial charge in [-0.15, -0.1) is 0 Å². The van der Waals surface area contributed by atoms with Crippen molar-refractivity contribution in [3.63, 3.8) is 0 Å². The van der Waals surface area contributed by atoms with Crippen molar-refractivity contribution in [1.82, 2.24) is 0 Å². The zero-order chi connectivity index (χ0) is 28.2. The Morgan fingerprint density at radius 1 is 0.381 bits per heavy atom. The Morgan fingerprint density at radius 3 is 1.24 bits per heavy atom. The Bertz CT molecular complexity index is 1940. The van der Waals surface area contributed by atoms with Crippen LogP contribution in [0.2, 0.25) is 0 Å². The normalized spacial score (nSPS) is 14.2. The molecule has 2 aliphatic rings. The Kier molecular flexibility index (Phi) is 5.97. The zero-order valence-electron chi connectivity index (χ0n) is 24.1. The lowest BCUT2D eigenvalue weighted by atomic mass is 9.86. The maximum atomic E-state index is 2.39. The third kappa shape index (κ3) is 3.97. The predicted octanol–water partition coefficient (Wildman–Crippen LogP) is 11.5. The summed E-state index contributed by atoms with van der Waals surface area (Å²) < 4.78 is 0. The van der Waals surface area contributed by atoms with E-state index in [1.165, 1.54) is 88.3 Å². The second-order valence-electron chi connectivity index (χ2n) is 11.7. The summed E-state index contributed by atoms with van der Waals surface area (Å²) in [6, 6.07) is 44.5. The molecule has 0 fully saturated rings. The van der Waals surface area contributed by atoms with E-state index in [4.69, 9.17) is 0 Å². The van der Waals surface area contributed by atoms with Crippen LogP contribution in [0.1, 0.15) is 48.9 Å². The van der Waals surface area contributed by atoms with Gasteiger partial charge in [0.1, 0.15) is 0 Å². The lowest BCUT2D eigenvalue weighted by Gasteiger charge is -2.18. The van der Waals surface area contributed by atoms with E-state index in [1.807, 2.05) is 0 Å². The second kappa shape index (κ2) is 10.00. The van der Waals surface area contributed by atoms with E-state index >= 15 is 0 Å². The van der Waals surface area contributed by atoms with Crippen molar-refractivity contribution in [2.75, 3.05) is 0 Å². The quantitative estimate of drug-likeness (QED) is 0.205.